The summed E-state index contributed by atoms with van der Waals surface area (Å²) >= 11 is 0. The normalized spacial score (nSPS) is 12.8. The van der Waals surface area contributed by atoms with E-state index in [-0.39, 0.29) is 12.5 Å². The first-order valence-electron chi connectivity index (χ1n) is 3.07. The fourth-order valence-corrected chi connectivity index (χ4v) is 0.586. The maximum atomic E-state index is 11.0. The highest BCUT2D eigenvalue weighted by Gasteiger charge is 2.16. The number of amides is 1. The molecule has 60 valence electrons. The summed E-state index contributed by atoms with van der Waals surface area (Å²) in [4.78, 5) is 12.5. The summed E-state index contributed by atoms with van der Waals surface area (Å²) in [5, 5.41) is 0. The van der Waals surface area contributed by atoms with Crippen LogP contribution in [0.1, 0.15) is 0 Å². The lowest BCUT2D eigenvalue weighted by Crippen LogP contribution is -2.39. The molecule has 0 spiro atoms. The van der Waals surface area contributed by atoms with E-state index < -0.39 is 6.10 Å². The minimum atomic E-state index is -0.491. The quantitative estimate of drug-likeness (QED) is 0.558. The zero-order valence-electron chi connectivity index (χ0n) is 6.63. The van der Waals surface area contributed by atoms with Crippen LogP contribution in [0.2, 0.25) is 0 Å². The maximum absolute atomic E-state index is 11.0. The van der Waals surface area contributed by atoms with E-state index in [0.29, 0.717) is 0 Å². The largest absolute Gasteiger partial charge is 0.370 e. The second-order valence-corrected chi connectivity index (χ2v) is 2.19. The standard InChI is InChI=1S/C6H14N2O2/c1-8(2)6(9)5(4-7)10-3/h5H,4,7H2,1-3H3. The number of methoxy groups -OCH3 is 1. The Morgan fingerprint density at radius 1 is 1.70 bits per heavy atom. The van der Waals surface area contributed by atoms with E-state index in [1.165, 1.54) is 12.0 Å². The van der Waals surface area contributed by atoms with Crippen molar-refractivity contribution < 1.29 is 9.53 Å². The molecule has 0 aliphatic heterocycles. The van der Waals surface area contributed by atoms with E-state index in [0.717, 1.165) is 0 Å². The lowest BCUT2D eigenvalue weighted by molar-refractivity contribution is -0.138. The number of nitrogens with zero attached hydrogens (tertiary/aromatic N) is 1. The first-order chi connectivity index (χ1) is 4.63. The highest BCUT2D eigenvalue weighted by molar-refractivity contribution is 5.80. The molecule has 0 aromatic heterocycles. The highest BCUT2D eigenvalue weighted by atomic mass is 16.5. The van der Waals surface area contributed by atoms with Crippen LogP contribution in [0.25, 0.3) is 0 Å². The third-order valence-corrected chi connectivity index (χ3v) is 1.21. The fraction of sp³-hybridized carbons (Fsp3) is 0.833. The minimum absolute atomic E-state index is 0.0926. The SMILES string of the molecule is COC(CN)C(=O)N(C)C. The van der Waals surface area contributed by atoms with Crippen LogP contribution in [0.4, 0.5) is 0 Å². The molecule has 1 unspecified atom stereocenters. The molecule has 10 heavy (non-hydrogen) atoms. The molecule has 0 fully saturated rings. The lowest BCUT2D eigenvalue weighted by Gasteiger charge is -2.16. The van der Waals surface area contributed by atoms with Crippen molar-refractivity contribution in [2.75, 3.05) is 27.7 Å². The number of carbonyl (C=O) groups is 1. The van der Waals surface area contributed by atoms with Crippen molar-refractivity contribution >= 4 is 5.91 Å². The number of hydrogen-bond donors (Lipinski definition) is 1. The van der Waals surface area contributed by atoms with Crippen molar-refractivity contribution in [2.45, 2.75) is 6.10 Å². The Hall–Kier alpha value is -0.610. The van der Waals surface area contributed by atoms with Gasteiger partial charge in [0, 0.05) is 27.7 Å². The molecule has 0 aliphatic rings. The predicted octanol–water partition coefficient (Wildman–Crippen LogP) is -0.952. The van der Waals surface area contributed by atoms with E-state index in [4.69, 9.17) is 10.5 Å². The summed E-state index contributed by atoms with van der Waals surface area (Å²) < 4.78 is 4.81. The first-order valence-corrected chi connectivity index (χ1v) is 3.07. The van der Waals surface area contributed by atoms with Crippen LogP contribution >= 0.6 is 0 Å². The van der Waals surface area contributed by atoms with Crippen LogP contribution in [0.5, 0.6) is 0 Å². The van der Waals surface area contributed by atoms with Gasteiger partial charge < -0.3 is 15.4 Å². The van der Waals surface area contributed by atoms with Crippen molar-refractivity contribution in [1.82, 2.24) is 4.90 Å². The topological polar surface area (TPSA) is 55.6 Å². The molecule has 1 atom stereocenters. The van der Waals surface area contributed by atoms with Gasteiger partial charge in [-0.2, -0.15) is 0 Å². The van der Waals surface area contributed by atoms with E-state index in [1.807, 2.05) is 0 Å². The Balaban J connectivity index is 3.89. The van der Waals surface area contributed by atoms with Crippen molar-refractivity contribution in [1.29, 1.82) is 0 Å². The molecule has 4 nitrogen and oxygen atoms in total. The summed E-state index contributed by atoms with van der Waals surface area (Å²) in [5.41, 5.74) is 5.25. The van der Waals surface area contributed by atoms with Gasteiger partial charge in [-0.3, -0.25) is 4.79 Å². The van der Waals surface area contributed by atoms with E-state index in [9.17, 15) is 4.79 Å². The van der Waals surface area contributed by atoms with Crippen molar-refractivity contribution in [2.24, 2.45) is 5.73 Å². The Labute approximate surface area is 60.9 Å². The minimum Gasteiger partial charge on any atom is -0.370 e. The second-order valence-electron chi connectivity index (χ2n) is 2.19. The van der Waals surface area contributed by atoms with Crippen LogP contribution in [0, 0.1) is 0 Å². The monoisotopic (exact) mass is 146 g/mol. The molecule has 2 N–H and O–H groups in total. The molecule has 0 radical (unpaired) electrons. The maximum Gasteiger partial charge on any atom is 0.252 e. The van der Waals surface area contributed by atoms with Gasteiger partial charge in [0.25, 0.3) is 5.91 Å². The molecular formula is C6H14N2O2. The summed E-state index contributed by atoms with van der Waals surface area (Å²) in [7, 11) is 4.81. The Kier molecular flexibility index (Phi) is 3.99. The van der Waals surface area contributed by atoms with Gasteiger partial charge in [-0.05, 0) is 0 Å². The first kappa shape index (κ1) is 9.39. The highest BCUT2D eigenvalue weighted by Crippen LogP contribution is 1.91. The molecule has 0 bridgehead atoms. The molecule has 0 heterocycles. The Morgan fingerprint density at radius 3 is 2.30 bits per heavy atom. The number of ether oxygens (including phenoxy) is 1. The van der Waals surface area contributed by atoms with Gasteiger partial charge in [-0.1, -0.05) is 0 Å². The van der Waals surface area contributed by atoms with Crippen LogP contribution in [-0.2, 0) is 9.53 Å². The van der Waals surface area contributed by atoms with E-state index >= 15 is 0 Å². The van der Waals surface area contributed by atoms with E-state index in [2.05, 4.69) is 0 Å². The van der Waals surface area contributed by atoms with Gasteiger partial charge >= 0.3 is 0 Å². The number of likely N-dealkylation sites (N-methyl/N-ethyl adjacent to an activating group) is 1. The lowest BCUT2D eigenvalue weighted by atomic mass is 10.3. The number of rotatable bonds is 3. The van der Waals surface area contributed by atoms with Gasteiger partial charge in [0.2, 0.25) is 0 Å². The molecule has 1 amide bonds. The summed E-state index contributed by atoms with van der Waals surface area (Å²) in [6.45, 7) is 0.230. The molecule has 0 saturated heterocycles. The van der Waals surface area contributed by atoms with Crippen LogP contribution in [0.15, 0.2) is 0 Å². The van der Waals surface area contributed by atoms with Gasteiger partial charge in [-0.15, -0.1) is 0 Å². The summed E-state index contributed by atoms with van der Waals surface area (Å²) in [6, 6.07) is 0. The number of carbonyl (C=O) groups excluding carboxylic acids is 1. The van der Waals surface area contributed by atoms with Crippen molar-refractivity contribution in [3.05, 3.63) is 0 Å². The van der Waals surface area contributed by atoms with Gasteiger partial charge in [-0.25, -0.2) is 0 Å². The summed E-state index contributed by atoms with van der Waals surface area (Å²) in [6.07, 6.45) is -0.491. The molecular weight excluding hydrogens is 132 g/mol. The smallest absolute Gasteiger partial charge is 0.252 e. The molecule has 0 aromatic rings. The second kappa shape index (κ2) is 4.24. The van der Waals surface area contributed by atoms with E-state index in [1.54, 1.807) is 14.1 Å². The molecule has 0 rings (SSSR count). The Bertz CT molecular complexity index is 110. The van der Waals surface area contributed by atoms with Crippen LogP contribution in [0.3, 0.4) is 0 Å². The average Bonchev–Trinajstić information content (AvgIpc) is 1.90. The molecule has 0 aliphatic carbocycles. The Morgan fingerprint density at radius 2 is 2.20 bits per heavy atom. The summed E-state index contributed by atoms with van der Waals surface area (Å²) in [5.74, 6) is -0.0926. The molecule has 4 heteroatoms. The third-order valence-electron chi connectivity index (χ3n) is 1.21. The van der Waals surface area contributed by atoms with Crippen molar-refractivity contribution in [3.63, 3.8) is 0 Å². The predicted molar refractivity (Wildman–Crippen MR) is 38.5 cm³/mol. The number of hydrogen-bond acceptors (Lipinski definition) is 3. The van der Waals surface area contributed by atoms with Crippen LogP contribution in [-0.4, -0.2) is 44.7 Å². The zero-order valence-corrected chi connectivity index (χ0v) is 6.63. The fourth-order valence-electron chi connectivity index (χ4n) is 0.586. The van der Waals surface area contributed by atoms with Gasteiger partial charge in [0.05, 0.1) is 0 Å². The van der Waals surface area contributed by atoms with Crippen LogP contribution < -0.4 is 5.73 Å². The average molecular weight is 146 g/mol. The molecule has 0 aromatic carbocycles. The van der Waals surface area contributed by atoms with Gasteiger partial charge in [0.1, 0.15) is 6.10 Å². The zero-order chi connectivity index (χ0) is 8.15. The number of nitrogens with two attached hydrogens (primary N) is 1. The van der Waals surface area contributed by atoms with Gasteiger partial charge in [0.15, 0.2) is 0 Å². The molecule has 0 saturated carbocycles. The third kappa shape index (κ3) is 2.33. The van der Waals surface area contributed by atoms with Crippen molar-refractivity contribution in [3.8, 4) is 0 Å².